The molecular formula is C14H14. The summed E-state index contributed by atoms with van der Waals surface area (Å²) in [5.74, 6) is 0. The molecular weight excluding hydrogens is 168 g/mol. The van der Waals surface area contributed by atoms with Gasteiger partial charge in [-0.1, -0.05) is 73.8 Å². The highest BCUT2D eigenvalue weighted by atomic mass is 13.9. The average Bonchev–Trinajstić information content (AvgIpc) is 2.24. The first kappa shape index (κ1) is 10.3. The maximum Gasteiger partial charge on any atom is -0.0190 e. The van der Waals surface area contributed by atoms with E-state index in [1.54, 1.807) is 0 Å². The third kappa shape index (κ3) is 2.91. The van der Waals surface area contributed by atoms with Crippen LogP contribution in [0.1, 0.15) is 11.1 Å². The lowest BCUT2D eigenvalue weighted by Crippen LogP contribution is -1.73. The Hall–Kier alpha value is -1.82. The molecule has 0 spiro atoms. The lowest BCUT2D eigenvalue weighted by Gasteiger charge is -1.94. The molecule has 0 amide bonds. The van der Waals surface area contributed by atoms with E-state index in [9.17, 15) is 0 Å². The molecule has 1 rings (SSSR count). The van der Waals surface area contributed by atoms with Crippen molar-refractivity contribution in [2.75, 3.05) is 0 Å². The van der Waals surface area contributed by atoms with Gasteiger partial charge in [0.05, 0.1) is 0 Å². The van der Waals surface area contributed by atoms with Crippen molar-refractivity contribution in [2.45, 2.75) is 0 Å². The minimum absolute atomic E-state index is 1.08. The normalized spacial score (nSPS) is 8.57. The molecule has 0 heterocycles. The molecule has 0 nitrogen and oxygen atoms in total. The summed E-state index contributed by atoms with van der Waals surface area (Å²) in [6.45, 7) is 7.55. The third-order valence-electron chi connectivity index (χ3n) is 1.88. The molecule has 0 atom stereocenters. The zero-order chi connectivity index (χ0) is 10.2. The Morgan fingerprint density at radius 3 is 1.36 bits per heavy atom. The average molecular weight is 182 g/mol. The Bertz CT molecular complexity index is 336. The molecule has 0 aliphatic heterocycles. The van der Waals surface area contributed by atoms with Gasteiger partial charge in [-0.2, -0.15) is 0 Å². The fraction of sp³-hybridized carbons (Fsp3) is 0. The molecule has 70 valence electrons. The van der Waals surface area contributed by atoms with Gasteiger partial charge in [-0.25, -0.2) is 0 Å². The molecule has 1 aromatic carbocycles. The van der Waals surface area contributed by atoms with E-state index in [0.29, 0.717) is 0 Å². The summed E-state index contributed by atoms with van der Waals surface area (Å²) in [5.41, 5.74) is 2.16. The third-order valence-corrected chi connectivity index (χ3v) is 1.88. The Kier molecular flexibility index (Phi) is 4.22. The molecule has 0 fully saturated rings. The highest BCUT2D eigenvalue weighted by Crippen LogP contribution is 2.07. The lowest BCUT2D eigenvalue weighted by molar-refractivity contribution is 1.64. The second-order valence-corrected chi connectivity index (χ2v) is 2.81. The van der Waals surface area contributed by atoms with Crippen molar-refractivity contribution in [1.29, 1.82) is 0 Å². The molecule has 1 aromatic rings. The van der Waals surface area contributed by atoms with Crippen LogP contribution < -0.4 is 0 Å². The van der Waals surface area contributed by atoms with E-state index in [1.807, 2.05) is 60.7 Å². The molecule has 0 N–H and O–H groups in total. The molecule has 0 aromatic heterocycles. The van der Waals surface area contributed by atoms with Crippen LogP contribution in [0.5, 0.6) is 0 Å². The summed E-state index contributed by atoms with van der Waals surface area (Å²) in [6.07, 6.45) is 3.66. The van der Waals surface area contributed by atoms with Crippen LogP contribution in [0.3, 0.4) is 0 Å². The fourth-order valence-electron chi connectivity index (χ4n) is 1.14. The first-order valence-corrected chi connectivity index (χ1v) is 4.55. The molecule has 0 saturated carbocycles. The standard InChI is InChI=1S/C14H14/c1-3-13-11-9-7-5-6-8-10-12-14(13)4-2/h3-12H,1-2H2. The molecule has 0 unspecified atom stereocenters. The van der Waals surface area contributed by atoms with Crippen LogP contribution >= 0.6 is 0 Å². The van der Waals surface area contributed by atoms with Gasteiger partial charge in [-0.05, 0) is 11.1 Å². The van der Waals surface area contributed by atoms with Crippen molar-refractivity contribution in [3.05, 3.63) is 72.8 Å². The van der Waals surface area contributed by atoms with Crippen LogP contribution in [-0.2, 0) is 0 Å². The minimum atomic E-state index is 1.08. The zero-order valence-electron chi connectivity index (χ0n) is 8.19. The Morgan fingerprint density at radius 1 is 0.643 bits per heavy atom. The molecule has 0 saturated heterocycles. The van der Waals surface area contributed by atoms with Gasteiger partial charge in [0.25, 0.3) is 0 Å². The van der Waals surface area contributed by atoms with E-state index in [4.69, 9.17) is 0 Å². The van der Waals surface area contributed by atoms with Crippen LogP contribution in [0.25, 0.3) is 12.2 Å². The van der Waals surface area contributed by atoms with E-state index in [-0.39, 0.29) is 0 Å². The largest absolute Gasteiger partial charge is 0.0984 e. The Labute approximate surface area is 85.6 Å². The van der Waals surface area contributed by atoms with Crippen molar-refractivity contribution < 1.29 is 0 Å². The quantitative estimate of drug-likeness (QED) is 0.646. The summed E-state index contributed by atoms with van der Waals surface area (Å²) < 4.78 is 0. The topological polar surface area (TPSA) is 0 Å². The summed E-state index contributed by atoms with van der Waals surface area (Å²) >= 11 is 0. The van der Waals surface area contributed by atoms with E-state index in [0.717, 1.165) is 11.1 Å². The van der Waals surface area contributed by atoms with Crippen LogP contribution in [-0.4, -0.2) is 0 Å². The van der Waals surface area contributed by atoms with Crippen LogP contribution in [0.2, 0.25) is 0 Å². The number of hydrogen-bond donors (Lipinski definition) is 0. The van der Waals surface area contributed by atoms with Crippen LogP contribution in [0.4, 0.5) is 0 Å². The summed E-state index contributed by atoms with van der Waals surface area (Å²) in [7, 11) is 0. The van der Waals surface area contributed by atoms with E-state index < -0.39 is 0 Å². The lowest BCUT2D eigenvalue weighted by atomic mass is 10.1. The van der Waals surface area contributed by atoms with Crippen molar-refractivity contribution in [3.63, 3.8) is 0 Å². The monoisotopic (exact) mass is 182 g/mol. The molecule has 14 heavy (non-hydrogen) atoms. The number of rotatable bonds is 2. The summed E-state index contributed by atoms with van der Waals surface area (Å²) in [5, 5.41) is 0. The van der Waals surface area contributed by atoms with Crippen LogP contribution in [0, 0.1) is 0 Å². The number of hydrogen-bond acceptors (Lipinski definition) is 0. The molecule has 0 bridgehead atoms. The van der Waals surface area contributed by atoms with Gasteiger partial charge in [0.2, 0.25) is 0 Å². The first-order valence-electron chi connectivity index (χ1n) is 4.55. The maximum atomic E-state index is 3.78. The van der Waals surface area contributed by atoms with E-state index >= 15 is 0 Å². The van der Waals surface area contributed by atoms with Gasteiger partial charge in [0, 0.05) is 0 Å². The first-order chi connectivity index (χ1) is 6.88. The second kappa shape index (κ2) is 5.76. The predicted molar refractivity (Wildman–Crippen MR) is 64.3 cm³/mol. The van der Waals surface area contributed by atoms with Crippen molar-refractivity contribution in [2.24, 2.45) is 0 Å². The van der Waals surface area contributed by atoms with Crippen LogP contribution in [0.15, 0.2) is 61.7 Å². The fourth-order valence-corrected chi connectivity index (χ4v) is 1.14. The molecule has 0 radical (unpaired) electrons. The highest BCUT2D eigenvalue weighted by molar-refractivity contribution is 5.62. The van der Waals surface area contributed by atoms with Gasteiger partial charge >= 0.3 is 0 Å². The Balaban J connectivity index is 3.41. The maximum absolute atomic E-state index is 3.78. The molecule has 0 aliphatic carbocycles. The van der Waals surface area contributed by atoms with Crippen molar-refractivity contribution in [1.82, 2.24) is 0 Å². The van der Waals surface area contributed by atoms with E-state index in [1.165, 1.54) is 0 Å². The van der Waals surface area contributed by atoms with Gasteiger partial charge in [-0.15, -0.1) is 0 Å². The minimum Gasteiger partial charge on any atom is -0.0984 e. The summed E-state index contributed by atoms with van der Waals surface area (Å²) in [4.78, 5) is 0. The summed E-state index contributed by atoms with van der Waals surface area (Å²) in [6, 6.07) is 16.0. The van der Waals surface area contributed by atoms with Gasteiger partial charge < -0.3 is 0 Å². The molecule has 0 aliphatic rings. The Morgan fingerprint density at radius 2 is 1.00 bits per heavy atom. The van der Waals surface area contributed by atoms with E-state index in [2.05, 4.69) is 13.2 Å². The van der Waals surface area contributed by atoms with Crippen molar-refractivity contribution >= 4 is 12.2 Å². The van der Waals surface area contributed by atoms with Crippen molar-refractivity contribution in [3.8, 4) is 0 Å². The smallest absolute Gasteiger partial charge is 0.0190 e. The predicted octanol–water partition coefficient (Wildman–Crippen LogP) is 4.10. The van der Waals surface area contributed by atoms with Gasteiger partial charge in [-0.3, -0.25) is 0 Å². The molecule has 0 heteroatoms. The second-order valence-electron chi connectivity index (χ2n) is 2.81. The van der Waals surface area contributed by atoms with Gasteiger partial charge in [0.15, 0.2) is 0 Å². The SMILES string of the molecule is C=Cc1ccccccccc1C=C. The van der Waals surface area contributed by atoms with Gasteiger partial charge in [0.1, 0.15) is 0 Å². The zero-order valence-corrected chi connectivity index (χ0v) is 8.19. The highest BCUT2D eigenvalue weighted by Gasteiger charge is 1.87.